The van der Waals surface area contributed by atoms with Crippen LogP contribution in [0.1, 0.15) is 10.4 Å². The molecule has 4 aromatic rings. The molecule has 0 atom stereocenters. The zero-order chi connectivity index (χ0) is 18.8. The third-order valence-corrected chi connectivity index (χ3v) is 5.39. The fourth-order valence-electron chi connectivity index (χ4n) is 2.91. The van der Waals surface area contributed by atoms with Gasteiger partial charge in [-0.25, -0.2) is 4.98 Å². The summed E-state index contributed by atoms with van der Waals surface area (Å²) in [5.74, 6) is -0.170. The molecule has 1 amide bonds. The molecular formula is C22H14Br2N2O. The third-order valence-electron chi connectivity index (χ3n) is 4.20. The molecular weight excluding hydrogens is 468 g/mol. The average molecular weight is 482 g/mol. The van der Waals surface area contributed by atoms with Gasteiger partial charge >= 0.3 is 0 Å². The van der Waals surface area contributed by atoms with Gasteiger partial charge in [-0.2, -0.15) is 0 Å². The van der Waals surface area contributed by atoms with Gasteiger partial charge in [-0.3, -0.25) is 4.79 Å². The summed E-state index contributed by atoms with van der Waals surface area (Å²) in [5, 5.41) is 3.81. The zero-order valence-electron chi connectivity index (χ0n) is 14.1. The maximum atomic E-state index is 13.1. The van der Waals surface area contributed by atoms with Gasteiger partial charge in [0.05, 0.1) is 22.5 Å². The second kappa shape index (κ2) is 7.62. The summed E-state index contributed by atoms with van der Waals surface area (Å²) in [6.45, 7) is 0. The number of fused-ring (bicyclic) bond motifs is 1. The van der Waals surface area contributed by atoms with Crippen LogP contribution in [0, 0.1) is 0 Å². The molecule has 4 rings (SSSR count). The zero-order valence-corrected chi connectivity index (χ0v) is 17.3. The number of hydrogen-bond acceptors (Lipinski definition) is 2. The second-order valence-electron chi connectivity index (χ2n) is 6.02. The van der Waals surface area contributed by atoms with Gasteiger partial charge in [0.2, 0.25) is 0 Å². The molecule has 0 fully saturated rings. The molecule has 3 aromatic carbocycles. The lowest BCUT2D eigenvalue weighted by Gasteiger charge is -2.12. The van der Waals surface area contributed by atoms with Crippen LogP contribution in [0.4, 0.5) is 5.69 Å². The van der Waals surface area contributed by atoms with Crippen molar-refractivity contribution >= 4 is 54.4 Å². The average Bonchev–Trinajstić information content (AvgIpc) is 2.69. The van der Waals surface area contributed by atoms with Crippen LogP contribution in [0.5, 0.6) is 0 Å². The number of benzene rings is 3. The van der Waals surface area contributed by atoms with Gasteiger partial charge in [-0.15, -0.1) is 0 Å². The molecule has 5 heteroatoms. The van der Waals surface area contributed by atoms with Crippen molar-refractivity contribution in [1.82, 2.24) is 4.98 Å². The van der Waals surface area contributed by atoms with Crippen LogP contribution >= 0.6 is 31.9 Å². The quantitative estimate of drug-likeness (QED) is 0.354. The van der Waals surface area contributed by atoms with E-state index in [2.05, 4.69) is 37.2 Å². The number of anilines is 1. The molecule has 0 spiro atoms. The van der Waals surface area contributed by atoms with Crippen LogP contribution in [0.25, 0.3) is 22.2 Å². The summed E-state index contributed by atoms with van der Waals surface area (Å²) in [5.41, 5.74) is 3.81. The Balaban J connectivity index is 1.83. The minimum absolute atomic E-state index is 0.170. The molecule has 0 aliphatic heterocycles. The topological polar surface area (TPSA) is 42.0 Å². The lowest BCUT2D eigenvalue weighted by Crippen LogP contribution is -2.13. The second-order valence-corrected chi connectivity index (χ2v) is 7.79. The standard InChI is InChI=1S/C22H14Br2N2O/c23-15-7-5-6-14(12-15)21-13-17(16-8-1-3-10-19(16)25-21)22(27)26-20-11-4-2-9-18(20)24/h1-13H,(H,26,27). The predicted molar refractivity (Wildman–Crippen MR) is 117 cm³/mol. The summed E-state index contributed by atoms with van der Waals surface area (Å²) in [7, 11) is 0. The van der Waals surface area contributed by atoms with Gasteiger partial charge in [-0.1, -0.05) is 58.4 Å². The highest BCUT2D eigenvalue weighted by atomic mass is 79.9. The Morgan fingerprint density at radius 1 is 0.852 bits per heavy atom. The van der Waals surface area contributed by atoms with Crippen molar-refractivity contribution in [3.63, 3.8) is 0 Å². The number of carbonyl (C=O) groups excluding carboxylic acids is 1. The molecule has 0 radical (unpaired) electrons. The fourth-order valence-corrected chi connectivity index (χ4v) is 3.69. The van der Waals surface area contributed by atoms with Crippen molar-refractivity contribution in [2.75, 3.05) is 5.32 Å². The maximum Gasteiger partial charge on any atom is 0.256 e. The van der Waals surface area contributed by atoms with Gasteiger partial charge in [0.15, 0.2) is 0 Å². The first-order chi connectivity index (χ1) is 13.1. The van der Waals surface area contributed by atoms with Gasteiger partial charge < -0.3 is 5.32 Å². The minimum Gasteiger partial charge on any atom is -0.321 e. The molecule has 132 valence electrons. The number of rotatable bonds is 3. The Bertz CT molecular complexity index is 1160. The van der Waals surface area contributed by atoms with Crippen molar-refractivity contribution in [3.8, 4) is 11.3 Å². The molecule has 0 unspecified atom stereocenters. The van der Waals surface area contributed by atoms with Gasteiger partial charge in [0.1, 0.15) is 0 Å². The van der Waals surface area contributed by atoms with E-state index in [1.807, 2.05) is 78.9 Å². The lowest BCUT2D eigenvalue weighted by molar-refractivity contribution is 0.102. The number of para-hydroxylation sites is 2. The highest BCUT2D eigenvalue weighted by Crippen LogP contribution is 2.28. The van der Waals surface area contributed by atoms with Crippen molar-refractivity contribution in [2.24, 2.45) is 0 Å². The summed E-state index contributed by atoms with van der Waals surface area (Å²) in [6.07, 6.45) is 0. The number of carbonyl (C=O) groups is 1. The number of nitrogens with one attached hydrogen (secondary N) is 1. The van der Waals surface area contributed by atoms with E-state index in [0.717, 1.165) is 36.8 Å². The Morgan fingerprint density at radius 2 is 1.63 bits per heavy atom. The first kappa shape index (κ1) is 17.9. The SMILES string of the molecule is O=C(Nc1ccccc1Br)c1cc(-c2cccc(Br)c2)nc2ccccc12. The van der Waals surface area contributed by atoms with Gasteiger partial charge in [-0.05, 0) is 52.3 Å². The third kappa shape index (κ3) is 3.80. The highest BCUT2D eigenvalue weighted by Gasteiger charge is 2.15. The van der Waals surface area contributed by atoms with E-state index in [9.17, 15) is 4.79 Å². The Kier molecular flexibility index (Phi) is 5.05. The molecule has 27 heavy (non-hydrogen) atoms. The van der Waals surface area contributed by atoms with Crippen LogP contribution in [-0.2, 0) is 0 Å². The highest BCUT2D eigenvalue weighted by molar-refractivity contribution is 9.10. The number of nitrogens with zero attached hydrogens (tertiary/aromatic N) is 1. The summed E-state index contributed by atoms with van der Waals surface area (Å²) >= 11 is 6.97. The van der Waals surface area contributed by atoms with E-state index in [1.54, 1.807) is 0 Å². The number of hydrogen-bond donors (Lipinski definition) is 1. The molecule has 0 saturated carbocycles. The minimum atomic E-state index is -0.170. The normalized spacial score (nSPS) is 10.7. The van der Waals surface area contributed by atoms with E-state index in [-0.39, 0.29) is 5.91 Å². The number of aromatic nitrogens is 1. The van der Waals surface area contributed by atoms with Crippen LogP contribution in [-0.4, -0.2) is 10.9 Å². The first-order valence-electron chi connectivity index (χ1n) is 8.33. The van der Waals surface area contributed by atoms with Crippen molar-refractivity contribution in [3.05, 3.63) is 93.4 Å². The molecule has 0 aliphatic carbocycles. The number of halogens is 2. The van der Waals surface area contributed by atoms with E-state index >= 15 is 0 Å². The predicted octanol–water partition coefficient (Wildman–Crippen LogP) is 6.68. The van der Waals surface area contributed by atoms with Crippen LogP contribution in [0.3, 0.4) is 0 Å². The van der Waals surface area contributed by atoms with E-state index in [1.165, 1.54) is 0 Å². The van der Waals surface area contributed by atoms with Crippen molar-refractivity contribution in [1.29, 1.82) is 0 Å². The van der Waals surface area contributed by atoms with E-state index in [0.29, 0.717) is 5.56 Å². The Labute approximate surface area is 173 Å². The molecule has 0 aliphatic rings. The summed E-state index contributed by atoms with van der Waals surface area (Å²) in [4.78, 5) is 17.8. The fraction of sp³-hybridized carbons (Fsp3) is 0. The molecule has 1 aromatic heterocycles. The maximum absolute atomic E-state index is 13.1. The Morgan fingerprint density at radius 3 is 2.44 bits per heavy atom. The van der Waals surface area contributed by atoms with Crippen molar-refractivity contribution < 1.29 is 4.79 Å². The van der Waals surface area contributed by atoms with Crippen LogP contribution < -0.4 is 5.32 Å². The molecule has 0 bridgehead atoms. The van der Waals surface area contributed by atoms with Gasteiger partial charge in [0.25, 0.3) is 5.91 Å². The van der Waals surface area contributed by atoms with Crippen LogP contribution in [0.2, 0.25) is 0 Å². The van der Waals surface area contributed by atoms with Gasteiger partial charge in [0, 0.05) is 19.9 Å². The van der Waals surface area contributed by atoms with E-state index < -0.39 is 0 Å². The summed E-state index contributed by atoms with van der Waals surface area (Å²) in [6, 6.07) is 25.0. The number of pyridine rings is 1. The smallest absolute Gasteiger partial charge is 0.256 e. The monoisotopic (exact) mass is 480 g/mol. The first-order valence-corrected chi connectivity index (χ1v) is 9.92. The molecule has 3 nitrogen and oxygen atoms in total. The summed E-state index contributed by atoms with van der Waals surface area (Å²) < 4.78 is 1.80. The largest absolute Gasteiger partial charge is 0.321 e. The number of amides is 1. The van der Waals surface area contributed by atoms with E-state index in [4.69, 9.17) is 4.98 Å². The van der Waals surface area contributed by atoms with Crippen LogP contribution in [0.15, 0.2) is 87.8 Å². The lowest BCUT2D eigenvalue weighted by atomic mass is 10.0. The molecule has 1 heterocycles. The molecule has 0 saturated heterocycles. The molecule has 1 N–H and O–H groups in total. The Hall–Kier alpha value is -2.50. The van der Waals surface area contributed by atoms with Crippen molar-refractivity contribution in [2.45, 2.75) is 0 Å².